The Morgan fingerprint density at radius 2 is 2.09 bits per heavy atom. The minimum absolute atomic E-state index is 0.0124. The van der Waals surface area contributed by atoms with E-state index in [-0.39, 0.29) is 11.3 Å². The maximum Gasteiger partial charge on any atom is 0.287 e. The van der Waals surface area contributed by atoms with Gasteiger partial charge in [0.1, 0.15) is 11.4 Å². The molecule has 1 amide bonds. The summed E-state index contributed by atoms with van der Waals surface area (Å²) in [5.41, 5.74) is 5.56. The number of carbonyl (C=O) groups is 1. The van der Waals surface area contributed by atoms with Crippen molar-refractivity contribution < 1.29 is 9.53 Å². The normalized spacial score (nSPS) is 13.1. The number of aromatic nitrogens is 2. The molecular weight excluding hydrogens is 418 g/mol. The van der Waals surface area contributed by atoms with Crippen LogP contribution in [-0.4, -0.2) is 29.1 Å². The SMILES string of the molecule is COc1cc2c(cc1CC(C)C)-c1c(-c3cccs3)nc(C(=O)NCC(C)(C)C)n1CC2. The van der Waals surface area contributed by atoms with Crippen LogP contribution in [0, 0.1) is 11.3 Å². The van der Waals surface area contributed by atoms with Gasteiger partial charge in [-0.25, -0.2) is 4.98 Å². The summed E-state index contributed by atoms with van der Waals surface area (Å²) in [7, 11) is 1.74. The third kappa shape index (κ3) is 4.46. The molecule has 3 aromatic rings. The number of thiophene rings is 1. The molecule has 1 aliphatic heterocycles. The molecule has 3 heterocycles. The second-order valence-corrected chi connectivity index (χ2v) is 11.1. The summed E-state index contributed by atoms with van der Waals surface area (Å²) in [6.45, 7) is 12.1. The first kappa shape index (κ1) is 22.6. The van der Waals surface area contributed by atoms with Gasteiger partial charge in [-0.05, 0) is 58.9 Å². The number of aryl methyl sites for hydroxylation is 1. The highest BCUT2D eigenvalue weighted by molar-refractivity contribution is 7.13. The molecule has 0 bridgehead atoms. The average molecular weight is 452 g/mol. The lowest BCUT2D eigenvalue weighted by atomic mass is 9.91. The van der Waals surface area contributed by atoms with Gasteiger partial charge in [-0.1, -0.05) is 40.7 Å². The van der Waals surface area contributed by atoms with Gasteiger partial charge in [-0.3, -0.25) is 4.79 Å². The van der Waals surface area contributed by atoms with Gasteiger partial charge in [0, 0.05) is 18.7 Å². The number of nitrogens with one attached hydrogen (secondary N) is 1. The lowest BCUT2D eigenvalue weighted by Gasteiger charge is -2.24. The van der Waals surface area contributed by atoms with Crippen molar-refractivity contribution >= 4 is 17.2 Å². The van der Waals surface area contributed by atoms with Crippen LogP contribution < -0.4 is 10.1 Å². The summed E-state index contributed by atoms with van der Waals surface area (Å²) in [5, 5.41) is 5.15. The highest BCUT2D eigenvalue weighted by Gasteiger charge is 2.30. The Balaban J connectivity index is 1.86. The second-order valence-electron chi connectivity index (χ2n) is 10.2. The van der Waals surface area contributed by atoms with Crippen molar-refractivity contribution in [3.05, 3.63) is 46.6 Å². The zero-order chi connectivity index (χ0) is 23.0. The number of carbonyl (C=O) groups excluding carboxylic acids is 1. The van der Waals surface area contributed by atoms with Gasteiger partial charge in [0.25, 0.3) is 5.91 Å². The summed E-state index contributed by atoms with van der Waals surface area (Å²) in [6.07, 6.45) is 1.79. The smallest absolute Gasteiger partial charge is 0.287 e. The Hall–Kier alpha value is -2.60. The van der Waals surface area contributed by atoms with Crippen LogP contribution in [0.1, 0.15) is 56.4 Å². The Bertz CT molecular complexity index is 1120. The first-order valence-electron chi connectivity index (χ1n) is 11.3. The van der Waals surface area contributed by atoms with Crippen molar-refractivity contribution in [2.75, 3.05) is 13.7 Å². The maximum atomic E-state index is 13.2. The van der Waals surface area contributed by atoms with Crippen LogP contribution >= 0.6 is 11.3 Å². The van der Waals surface area contributed by atoms with Crippen molar-refractivity contribution in [2.45, 2.75) is 54.0 Å². The van der Waals surface area contributed by atoms with E-state index in [1.165, 1.54) is 16.7 Å². The zero-order valence-corrected chi connectivity index (χ0v) is 20.7. The molecule has 170 valence electrons. The van der Waals surface area contributed by atoms with E-state index in [0.29, 0.717) is 18.3 Å². The predicted octanol–water partition coefficient (Wildman–Crippen LogP) is 5.82. The van der Waals surface area contributed by atoms with Gasteiger partial charge < -0.3 is 14.6 Å². The molecule has 0 atom stereocenters. The van der Waals surface area contributed by atoms with Crippen molar-refractivity contribution in [1.29, 1.82) is 0 Å². The van der Waals surface area contributed by atoms with Gasteiger partial charge in [0.2, 0.25) is 0 Å². The zero-order valence-electron chi connectivity index (χ0n) is 19.9. The Kier molecular flexibility index (Phi) is 6.17. The van der Waals surface area contributed by atoms with Gasteiger partial charge >= 0.3 is 0 Å². The van der Waals surface area contributed by atoms with Crippen molar-refractivity contribution in [2.24, 2.45) is 11.3 Å². The van der Waals surface area contributed by atoms with Crippen molar-refractivity contribution in [3.63, 3.8) is 0 Å². The Labute approximate surface area is 194 Å². The van der Waals surface area contributed by atoms with E-state index < -0.39 is 0 Å². The van der Waals surface area contributed by atoms with Gasteiger partial charge in [0.05, 0.1) is 17.7 Å². The van der Waals surface area contributed by atoms with Gasteiger partial charge in [0.15, 0.2) is 5.82 Å². The van der Waals surface area contributed by atoms with Crippen LogP contribution in [0.5, 0.6) is 5.75 Å². The van der Waals surface area contributed by atoms with Crippen molar-refractivity contribution in [3.8, 4) is 27.6 Å². The number of benzene rings is 1. The number of imidazole rings is 1. The van der Waals surface area contributed by atoms with Crippen LogP contribution in [0.2, 0.25) is 0 Å². The van der Waals surface area contributed by atoms with Crippen LogP contribution in [-0.2, 0) is 19.4 Å². The van der Waals surface area contributed by atoms with E-state index in [1.807, 2.05) is 6.07 Å². The molecule has 0 radical (unpaired) electrons. The Morgan fingerprint density at radius 1 is 1.31 bits per heavy atom. The number of rotatable bonds is 6. The molecule has 0 spiro atoms. The van der Waals surface area contributed by atoms with E-state index in [9.17, 15) is 4.79 Å². The van der Waals surface area contributed by atoms with Crippen LogP contribution in [0.3, 0.4) is 0 Å². The fraction of sp³-hybridized carbons (Fsp3) is 0.462. The molecular formula is C26H33N3O2S. The van der Waals surface area contributed by atoms with E-state index in [4.69, 9.17) is 9.72 Å². The predicted molar refractivity (Wildman–Crippen MR) is 132 cm³/mol. The Morgan fingerprint density at radius 3 is 2.72 bits per heavy atom. The summed E-state index contributed by atoms with van der Waals surface area (Å²) >= 11 is 1.66. The molecule has 6 heteroatoms. The number of hydrogen-bond acceptors (Lipinski definition) is 4. The fourth-order valence-corrected chi connectivity index (χ4v) is 4.96. The average Bonchev–Trinajstić information content (AvgIpc) is 3.38. The summed E-state index contributed by atoms with van der Waals surface area (Å²) in [4.78, 5) is 19.1. The van der Waals surface area contributed by atoms with Crippen LogP contribution in [0.4, 0.5) is 0 Å². The summed E-state index contributed by atoms with van der Waals surface area (Å²) < 4.78 is 7.84. The van der Waals surface area contributed by atoms with Gasteiger partial charge in [-0.15, -0.1) is 11.3 Å². The molecule has 32 heavy (non-hydrogen) atoms. The van der Waals surface area contributed by atoms with Gasteiger partial charge in [-0.2, -0.15) is 0 Å². The molecule has 5 nitrogen and oxygen atoms in total. The number of amides is 1. The lowest BCUT2D eigenvalue weighted by molar-refractivity contribution is 0.0924. The fourth-order valence-electron chi connectivity index (χ4n) is 4.24. The molecule has 0 fully saturated rings. The van der Waals surface area contributed by atoms with E-state index >= 15 is 0 Å². The molecule has 0 unspecified atom stereocenters. The number of ether oxygens (including phenoxy) is 1. The van der Waals surface area contributed by atoms with E-state index in [1.54, 1.807) is 18.4 Å². The number of methoxy groups -OCH3 is 1. The molecule has 4 rings (SSSR count). The standard InChI is InChI=1S/C26H33N3O2S/c1-16(2)12-18-13-19-17(14-20(18)31-6)9-10-29-23(19)22(21-8-7-11-32-21)28-24(29)25(30)27-15-26(3,4)5/h7-8,11,13-14,16H,9-10,12,15H2,1-6H3,(H,27,30). The monoisotopic (exact) mass is 451 g/mol. The highest BCUT2D eigenvalue weighted by atomic mass is 32.1. The second kappa shape index (κ2) is 8.74. The van der Waals surface area contributed by atoms with Crippen LogP contribution in [0.15, 0.2) is 29.6 Å². The maximum absolute atomic E-state index is 13.2. The topological polar surface area (TPSA) is 56.1 Å². The largest absolute Gasteiger partial charge is 0.496 e. The molecule has 1 aromatic carbocycles. The summed E-state index contributed by atoms with van der Waals surface area (Å²) in [6, 6.07) is 8.56. The van der Waals surface area contributed by atoms with E-state index in [0.717, 1.165) is 41.4 Å². The molecule has 0 saturated carbocycles. The molecule has 2 aromatic heterocycles. The first-order valence-corrected chi connectivity index (χ1v) is 12.2. The van der Waals surface area contributed by atoms with Crippen LogP contribution in [0.25, 0.3) is 21.8 Å². The number of nitrogens with zero attached hydrogens (tertiary/aromatic N) is 2. The highest BCUT2D eigenvalue weighted by Crippen LogP contribution is 2.42. The molecule has 1 aliphatic rings. The first-order chi connectivity index (χ1) is 15.2. The molecule has 1 N–H and O–H groups in total. The molecule has 0 saturated heterocycles. The minimum Gasteiger partial charge on any atom is -0.496 e. The lowest BCUT2D eigenvalue weighted by Crippen LogP contribution is -2.34. The number of hydrogen-bond donors (Lipinski definition) is 1. The quantitative estimate of drug-likeness (QED) is 0.514. The van der Waals surface area contributed by atoms with Crippen molar-refractivity contribution in [1.82, 2.24) is 14.9 Å². The third-order valence-corrected chi connectivity index (χ3v) is 6.58. The number of fused-ring (bicyclic) bond motifs is 3. The minimum atomic E-state index is -0.108. The third-order valence-electron chi connectivity index (χ3n) is 5.70. The van der Waals surface area contributed by atoms with E-state index in [2.05, 4.69) is 68.1 Å². The summed E-state index contributed by atoms with van der Waals surface area (Å²) in [5.74, 6) is 1.86. The molecule has 0 aliphatic carbocycles.